The third-order valence-electron chi connectivity index (χ3n) is 5.65. The van der Waals surface area contributed by atoms with Crippen LogP contribution in [0, 0.1) is 5.41 Å². The summed E-state index contributed by atoms with van der Waals surface area (Å²) in [7, 11) is 0. The van der Waals surface area contributed by atoms with Crippen molar-refractivity contribution in [1.29, 1.82) is 5.41 Å². The zero-order chi connectivity index (χ0) is 22.5. The minimum Gasteiger partial charge on any atom is -0.489 e. The molecule has 0 bridgehead atoms. The Hall–Kier alpha value is -2.74. The van der Waals surface area contributed by atoms with E-state index in [2.05, 4.69) is 5.32 Å². The average Bonchev–Trinajstić information content (AvgIpc) is 3.42. The molecule has 1 aromatic heterocycles. The van der Waals surface area contributed by atoms with Gasteiger partial charge >= 0.3 is 5.97 Å². The number of carbonyl (C=O) groups is 1. The van der Waals surface area contributed by atoms with Gasteiger partial charge in [-0.15, -0.1) is 24.8 Å². The number of hydrogen-bond donors (Lipinski definition) is 3. The third kappa shape index (κ3) is 6.88. The lowest BCUT2D eigenvalue weighted by molar-refractivity contribution is -0.142. The van der Waals surface area contributed by atoms with Gasteiger partial charge in [-0.2, -0.15) is 0 Å². The highest BCUT2D eigenvalue weighted by Gasteiger charge is 2.18. The SMILES string of the molecule is CCOC(=O)Cc1cc(O[C@H]2CCNC2)ccc1CCc1cc2cc(C(=N)N)ccc2o1.Cl.Cl. The second-order valence-electron chi connectivity index (χ2n) is 8.02. The lowest BCUT2D eigenvalue weighted by Gasteiger charge is -2.15. The molecule has 7 nitrogen and oxygen atoms in total. The molecule has 34 heavy (non-hydrogen) atoms. The fourth-order valence-electron chi connectivity index (χ4n) is 4.02. The van der Waals surface area contributed by atoms with E-state index >= 15 is 0 Å². The normalized spacial score (nSPS) is 14.8. The number of rotatable bonds is 9. The molecule has 2 heterocycles. The van der Waals surface area contributed by atoms with Crippen LogP contribution < -0.4 is 15.8 Å². The number of furan rings is 1. The van der Waals surface area contributed by atoms with Crippen LogP contribution in [0.5, 0.6) is 5.75 Å². The van der Waals surface area contributed by atoms with E-state index in [0.717, 1.165) is 59.5 Å². The van der Waals surface area contributed by atoms with Crippen molar-refractivity contribution in [2.75, 3.05) is 19.7 Å². The largest absolute Gasteiger partial charge is 0.489 e. The Kier molecular flexibility index (Phi) is 10.2. The predicted octanol–water partition coefficient (Wildman–Crippen LogP) is 4.19. The van der Waals surface area contributed by atoms with Crippen molar-refractivity contribution in [2.45, 2.75) is 38.7 Å². The Morgan fingerprint density at radius 1 is 1.15 bits per heavy atom. The molecule has 2 aromatic carbocycles. The molecule has 0 spiro atoms. The summed E-state index contributed by atoms with van der Waals surface area (Å²) in [5.41, 5.74) is 9.02. The molecule has 4 N–H and O–H groups in total. The molecule has 1 aliphatic heterocycles. The molecule has 3 aromatic rings. The molecule has 1 saturated heterocycles. The first kappa shape index (κ1) is 27.5. The summed E-state index contributed by atoms with van der Waals surface area (Å²) in [5.74, 6) is 1.42. The zero-order valence-corrected chi connectivity index (χ0v) is 20.7. The van der Waals surface area contributed by atoms with E-state index in [9.17, 15) is 4.79 Å². The Balaban J connectivity index is 0.00000204. The van der Waals surface area contributed by atoms with Crippen molar-refractivity contribution in [3.63, 3.8) is 0 Å². The van der Waals surface area contributed by atoms with E-state index < -0.39 is 0 Å². The Morgan fingerprint density at radius 2 is 1.97 bits per heavy atom. The minimum absolute atomic E-state index is 0. The van der Waals surface area contributed by atoms with Crippen LogP contribution in [0.2, 0.25) is 0 Å². The van der Waals surface area contributed by atoms with Gasteiger partial charge in [0.1, 0.15) is 29.0 Å². The monoisotopic (exact) mass is 507 g/mol. The van der Waals surface area contributed by atoms with Crippen LogP contribution >= 0.6 is 24.8 Å². The second kappa shape index (κ2) is 12.6. The molecule has 184 valence electrons. The number of nitrogen functional groups attached to an aromatic ring is 1. The number of nitrogens with two attached hydrogens (primary N) is 1. The fourth-order valence-corrected chi connectivity index (χ4v) is 4.02. The average molecular weight is 508 g/mol. The van der Waals surface area contributed by atoms with Gasteiger partial charge in [-0.3, -0.25) is 10.2 Å². The smallest absolute Gasteiger partial charge is 0.310 e. The molecule has 0 unspecified atom stereocenters. The van der Waals surface area contributed by atoms with Crippen LogP contribution in [-0.4, -0.2) is 37.6 Å². The Labute approximate surface area is 211 Å². The molecular formula is C25H31Cl2N3O4. The standard InChI is InChI=1S/C25H29N3O4.2ClH/c1-2-30-24(29)14-18-12-20(31-22-9-10-28-15-22)6-3-16(18)4-7-21-13-19-11-17(25(26)27)5-8-23(19)32-21;;/h3,5-6,8,11-13,22,28H,2,4,7,9-10,14-15H2,1H3,(H3,26,27);2*1H/t22-;;/m0../s1. The number of benzene rings is 2. The van der Waals surface area contributed by atoms with Crippen LogP contribution in [0.15, 0.2) is 46.9 Å². The van der Waals surface area contributed by atoms with Gasteiger partial charge in [0.25, 0.3) is 0 Å². The summed E-state index contributed by atoms with van der Waals surface area (Å²) < 4.78 is 17.2. The Bertz CT molecular complexity index is 1130. The van der Waals surface area contributed by atoms with E-state index in [0.29, 0.717) is 18.6 Å². The first-order chi connectivity index (χ1) is 15.5. The molecule has 0 saturated carbocycles. The number of carbonyl (C=O) groups excluding carboxylic acids is 1. The Morgan fingerprint density at radius 3 is 2.68 bits per heavy atom. The maximum atomic E-state index is 12.2. The highest BCUT2D eigenvalue weighted by Crippen LogP contribution is 2.25. The quantitative estimate of drug-likeness (QED) is 0.227. The first-order valence-corrected chi connectivity index (χ1v) is 11.0. The number of esters is 1. The predicted molar refractivity (Wildman–Crippen MR) is 138 cm³/mol. The van der Waals surface area contributed by atoms with Gasteiger partial charge in [0.2, 0.25) is 0 Å². The van der Waals surface area contributed by atoms with Crippen molar-refractivity contribution in [3.05, 3.63) is 64.9 Å². The number of hydrogen-bond acceptors (Lipinski definition) is 6. The van der Waals surface area contributed by atoms with Crippen molar-refractivity contribution < 1.29 is 18.7 Å². The summed E-state index contributed by atoms with van der Waals surface area (Å²) in [6.07, 6.45) is 2.76. The van der Waals surface area contributed by atoms with Gasteiger partial charge in [0, 0.05) is 23.9 Å². The fraction of sp³-hybridized carbons (Fsp3) is 0.360. The van der Waals surface area contributed by atoms with E-state index in [1.165, 1.54) is 0 Å². The van der Waals surface area contributed by atoms with Gasteiger partial charge < -0.3 is 24.9 Å². The molecule has 1 aliphatic rings. The van der Waals surface area contributed by atoms with Gasteiger partial charge in [0.05, 0.1) is 13.0 Å². The van der Waals surface area contributed by atoms with Gasteiger partial charge in [-0.1, -0.05) is 6.07 Å². The molecule has 1 atom stereocenters. The lowest BCUT2D eigenvalue weighted by Crippen LogP contribution is -2.19. The topological polar surface area (TPSA) is 111 Å². The highest BCUT2D eigenvalue weighted by atomic mass is 35.5. The number of halogens is 2. The molecule has 1 fully saturated rings. The van der Waals surface area contributed by atoms with Crippen molar-refractivity contribution in [3.8, 4) is 5.75 Å². The van der Waals surface area contributed by atoms with Crippen molar-refractivity contribution in [2.24, 2.45) is 5.73 Å². The van der Waals surface area contributed by atoms with Crippen LogP contribution in [0.1, 0.15) is 35.8 Å². The second-order valence-corrected chi connectivity index (χ2v) is 8.02. The molecule has 4 rings (SSSR count). The van der Waals surface area contributed by atoms with Gasteiger partial charge in [-0.25, -0.2) is 0 Å². The van der Waals surface area contributed by atoms with Gasteiger partial charge in [-0.05, 0) is 73.8 Å². The van der Waals surface area contributed by atoms with Crippen LogP contribution in [0.25, 0.3) is 11.0 Å². The molecule has 0 amide bonds. The van der Waals surface area contributed by atoms with Crippen molar-refractivity contribution in [1.82, 2.24) is 5.32 Å². The maximum absolute atomic E-state index is 12.2. The molecule has 0 radical (unpaired) electrons. The first-order valence-electron chi connectivity index (χ1n) is 11.0. The molecular weight excluding hydrogens is 477 g/mol. The summed E-state index contributed by atoms with van der Waals surface area (Å²) in [6, 6.07) is 13.4. The number of fused-ring (bicyclic) bond motifs is 1. The highest BCUT2D eigenvalue weighted by molar-refractivity contribution is 5.98. The summed E-state index contributed by atoms with van der Waals surface area (Å²) >= 11 is 0. The number of nitrogens with one attached hydrogen (secondary N) is 2. The van der Waals surface area contributed by atoms with Crippen molar-refractivity contribution >= 4 is 47.6 Å². The van der Waals surface area contributed by atoms with E-state index in [1.54, 1.807) is 6.07 Å². The lowest BCUT2D eigenvalue weighted by atomic mass is 9.99. The summed E-state index contributed by atoms with van der Waals surface area (Å²) in [5, 5.41) is 11.8. The number of aryl methyl sites for hydroxylation is 2. The molecule has 0 aliphatic carbocycles. The minimum atomic E-state index is -0.242. The van der Waals surface area contributed by atoms with E-state index in [4.69, 9.17) is 25.0 Å². The van der Waals surface area contributed by atoms with E-state index in [1.807, 2.05) is 43.3 Å². The van der Waals surface area contributed by atoms with Crippen LogP contribution in [0.4, 0.5) is 0 Å². The molecule has 9 heteroatoms. The van der Waals surface area contributed by atoms with Crippen LogP contribution in [0.3, 0.4) is 0 Å². The van der Waals surface area contributed by atoms with Crippen LogP contribution in [-0.2, 0) is 28.8 Å². The maximum Gasteiger partial charge on any atom is 0.310 e. The summed E-state index contributed by atoms with van der Waals surface area (Å²) in [4.78, 5) is 12.2. The van der Waals surface area contributed by atoms with E-state index in [-0.39, 0.29) is 49.1 Å². The number of amidine groups is 1. The summed E-state index contributed by atoms with van der Waals surface area (Å²) in [6.45, 7) is 3.97. The number of ether oxygens (including phenoxy) is 2. The zero-order valence-electron chi connectivity index (χ0n) is 19.1. The van der Waals surface area contributed by atoms with Gasteiger partial charge in [0.15, 0.2) is 0 Å². The third-order valence-corrected chi connectivity index (χ3v) is 5.65.